The third kappa shape index (κ3) is 4.12. The summed E-state index contributed by atoms with van der Waals surface area (Å²) in [4.78, 5) is 0. The number of rotatable bonds is 7. The van der Waals surface area contributed by atoms with Crippen molar-refractivity contribution in [3.8, 4) is 17.6 Å². The van der Waals surface area contributed by atoms with Gasteiger partial charge in [-0.25, -0.2) is 0 Å². The van der Waals surface area contributed by atoms with Gasteiger partial charge in [0.1, 0.15) is 0 Å². The molecule has 0 aliphatic heterocycles. The molecule has 0 aliphatic rings. The molecule has 4 heteroatoms. The van der Waals surface area contributed by atoms with Crippen molar-refractivity contribution < 1.29 is 9.47 Å². The lowest BCUT2D eigenvalue weighted by atomic mass is 10.1. The molecular formula is C14H18ClNO2. The van der Waals surface area contributed by atoms with Gasteiger partial charge in [-0.3, -0.25) is 0 Å². The summed E-state index contributed by atoms with van der Waals surface area (Å²) in [5, 5.41) is 9.21. The number of nitriles is 1. The van der Waals surface area contributed by atoms with Crippen molar-refractivity contribution in [3.63, 3.8) is 0 Å². The Hall–Kier alpha value is -1.40. The minimum absolute atomic E-state index is 0.535. The molecule has 1 aromatic rings. The Labute approximate surface area is 113 Å². The minimum atomic E-state index is 0.535. The largest absolute Gasteiger partial charge is 0.490 e. The van der Waals surface area contributed by atoms with E-state index in [0.29, 0.717) is 30.4 Å². The highest BCUT2D eigenvalue weighted by atomic mass is 35.5. The first kappa shape index (κ1) is 14.7. The number of hydrogen-bond donors (Lipinski definition) is 0. The fraction of sp³-hybridized carbons (Fsp3) is 0.500. The van der Waals surface area contributed by atoms with Gasteiger partial charge in [0, 0.05) is 17.5 Å². The van der Waals surface area contributed by atoms with Gasteiger partial charge in [-0.2, -0.15) is 5.26 Å². The molecule has 0 atom stereocenters. The molecule has 1 rings (SSSR count). The molecule has 18 heavy (non-hydrogen) atoms. The zero-order chi connectivity index (χ0) is 13.4. The molecule has 0 saturated carbocycles. The standard InChI is InChI=1S/C14H18ClNO2/c1-3-17-13-9-11(7-5-6-8-16)12(15)10-14(13)18-4-2/h9-10H,3-7H2,1-2H3. The van der Waals surface area contributed by atoms with Crippen LogP contribution in [-0.4, -0.2) is 13.2 Å². The molecular weight excluding hydrogens is 250 g/mol. The van der Waals surface area contributed by atoms with Crippen LogP contribution in [0, 0.1) is 11.3 Å². The second-order valence-corrected chi connectivity index (χ2v) is 4.18. The van der Waals surface area contributed by atoms with Crippen molar-refractivity contribution in [2.24, 2.45) is 0 Å². The number of nitrogens with zero attached hydrogens (tertiary/aromatic N) is 1. The smallest absolute Gasteiger partial charge is 0.162 e. The van der Waals surface area contributed by atoms with Crippen molar-refractivity contribution in [3.05, 3.63) is 22.7 Å². The summed E-state index contributed by atoms with van der Waals surface area (Å²) in [5.74, 6) is 1.39. The maximum absolute atomic E-state index is 8.54. The lowest BCUT2D eigenvalue weighted by Crippen LogP contribution is -2.00. The van der Waals surface area contributed by atoms with Crippen LogP contribution in [0.4, 0.5) is 0 Å². The Balaban J connectivity index is 2.91. The average Bonchev–Trinajstić information content (AvgIpc) is 2.35. The van der Waals surface area contributed by atoms with Gasteiger partial charge < -0.3 is 9.47 Å². The van der Waals surface area contributed by atoms with Gasteiger partial charge >= 0.3 is 0 Å². The maximum atomic E-state index is 8.54. The summed E-state index contributed by atoms with van der Waals surface area (Å²) in [6.45, 7) is 5.01. The Morgan fingerprint density at radius 2 is 1.78 bits per heavy atom. The molecule has 0 bridgehead atoms. The van der Waals surface area contributed by atoms with E-state index in [1.807, 2.05) is 19.9 Å². The van der Waals surface area contributed by atoms with Crippen LogP contribution in [0.2, 0.25) is 5.02 Å². The van der Waals surface area contributed by atoms with Crippen LogP contribution in [0.5, 0.6) is 11.5 Å². The number of halogens is 1. The monoisotopic (exact) mass is 267 g/mol. The van der Waals surface area contributed by atoms with E-state index in [9.17, 15) is 0 Å². The van der Waals surface area contributed by atoms with Crippen LogP contribution in [-0.2, 0) is 6.42 Å². The van der Waals surface area contributed by atoms with Crippen LogP contribution in [0.15, 0.2) is 12.1 Å². The van der Waals surface area contributed by atoms with Crippen LogP contribution >= 0.6 is 11.6 Å². The number of benzene rings is 1. The number of aryl methyl sites for hydroxylation is 1. The molecule has 98 valence electrons. The third-order valence-electron chi connectivity index (χ3n) is 2.45. The first-order valence-electron chi connectivity index (χ1n) is 6.17. The summed E-state index contributed by atoms with van der Waals surface area (Å²) < 4.78 is 11.0. The lowest BCUT2D eigenvalue weighted by molar-refractivity contribution is 0.287. The van der Waals surface area contributed by atoms with Gasteiger partial charge in [0.25, 0.3) is 0 Å². The zero-order valence-corrected chi connectivity index (χ0v) is 11.6. The van der Waals surface area contributed by atoms with E-state index >= 15 is 0 Å². The van der Waals surface area contributed by atoms with E-state index in [1.54, 1.807) is 6.07 Å². The van der Waals surface area contributed by atoms with Crippen LogP contribution < -0.4 is 9.47 Å². The second-order valence-electron chi connectivity index (χ2n) is 3.77. The third-order valence-corrected chi connectivity index (χ3v) is 2.80. The zero-order valence-electron chi connectivity index (χ0n) is 10.8. The molecule has 0 fully saturated rings. The summed E-state index contributed by atoms with van der Waals surface area (Å²) in [6.07, 6.45) is 2.11. The lowest BCUT2D eigenvalue weighted by Gasteiger charge is -2.13. The van der Waals surface area contributed by atoms with Crippen molar-refractivity contribution in [1.29, 1.82) is 5.26 Å². The van der Waals surface area contributed by atoms with Gasteiger partial charge in [-0.15, -0.1) is 0 Å². The predicted octanol–water partition coefficient (Wildman–Crippen LogP) is 3.98. The molecule has 0 amide bonds. The predicted molar refractivity (Wildman–Crippen MR) is 72.3 cm³/mol. The van der Waals surface area contributed by atoms with Gasteiger partial charge in [-0.05, 0) is 38.3 Å². The molecule has 0 saturated heterocycles. The maximum Gasteiger partial charge on any atom is 0.162 e. The molecule has 0 radical (unpaired) electrons. The highest BCUT2D eigenvalue weighted by Crippen LogP contribution is 2.34. The fourth-order valence-corrected chi connectivity index (χ4v) is 1.91. The Morgan fingerprint density at radius 1 is 1.17 bits per heavy atom. The highest BCUT2D eigenvalue weighted by molar-refractivity contribution is 6.31. The molecule has 0 N–H and O–H groups in total. The van der Waals surface area contributed by atoms with Gasteiger partial charge in [-0.1, -0.05) is 11.6 Å². The first-order valence-corrected chi connectivity index (χ1v) is 6.55. The van der Waals surface area contributed by atoms with Gasteiger partial charge in [0.15, 0.2) is 11.5 Å². The number of ether oxygens (including phenoxy) is 2. The Morgan fingerprint density at radius 3 is 2.33 bits per heavy atom. The minimum Gasteiger partial charge on any atom is -0.490 e. The van der Waals surface area contributed by atoms with E-state index in [2.05, 4.69) is 6.07 Å². The number of hydrogen-bond acceptors (Lipinski definition) is 3. The first-order chi connectivity index (χ1) is 8.72. The quantitative estimate of drug-likeness (QED) is 0.702. The molecule has 1 aromatic carbocycles. The summed E-state index contributed by atoms with van der Waals surface area (Å²) in [7, 11) is 0. The van der Waals surface area contributed by atoms with Crippen LogP contribution in [0.1, 0.15) is 32.3 Å². The van der Waals surface area contributed by atoms with Crippen molar-refractivity contribution in [1.82, 2.24) is 0 Å². The van der Waals surface area contributed by atoms with Crippen molar-refractivity contribution >= 4 is 11.6 Å². The summed E-state index contributed by atoms with van der Waals surface area (Å²) in [5.41, 5.74) is 0.999. The van der Waals surface area contributed by atoms with Gasteiger partial charge in [0.2, 0.25) is 0 Å². The topological polar surface area (TPSA) is 42.2 Å². The molecule has 0 heterocycles. The van der Waals surface area contributed by atoms with Gasteiger partial charge in [0.05, 0.1) is 19.3 Å². The molecule has 0 spiro atoms. The van der Waals surface area contributed by atoms with E-state index in [-0.39, 0.29) is 0 Å². The van der Waals surface area contributed by atoms with Crippen molar-refractivity contribution in [2.75, 3.05) is 13.2 Å². The molecule has 3 nitrogen and oxygen atoms in total. The molecule has 0 aromatic heterocycles. The van der Waals surface area contributed by atoms with Crippen LogP contribution in [0.3, 0.4) is 0 Å². The summed E-state index contributed by atoms with van der Waals surface area (Å²) in [6, 6.07) is 5.83. The Kier molecular flexibility index (Phi) is 6.38. The fourth-order valence-electron chi connectivity index (χ4n) is 1.66. The SMILES string of the molecule is CCOc1cc(Cl)c(CCCC#N)cc1OCC. The summed E-state index contributed by atoms with van der Waals surface area (Å²) >= 11 is 6.20. The molecule has 0 unspecified atom stereocenters. The average molecular weight is 268 g/mol. The molecule has 0 aliphatic carbocycles. The van der Waals surface area contributed by atoms with E-state index < -0.39 is 0 Å². The van der Waals surface area contributed by atoms with Crippen molar-refractivity contribution in [2.45, 2.75) is 33.1 Å². The Bertz CT molecular complexity index is 427. The highest BCUT2D eigenvalue weighted by Gasteiger charge is 2.10. The second kappa shape index (κ2) is 7.84. The normalized spacial score (nSPS) is 9.89. The van der Waals surface area contributed by atoms with E-state index in [0.717, 1.165) is 24.2 Å². The number of unbranched alkanes of at least 4 members (excludes halogenated alkanes) is 1. The van der Waals surface area contributed by atoms with E-state index in [4.69, 9.17) is 26.3 Å². The van der Waals surface area contributed by atoms with E-state index in [1.165, 1.54) is 0 Å². The van der Waals surface area contributed by atoms with Crippen LogP contribution in [0.25, 0.3) is 0 Å².